The van der Waals surface area contributed by atoms with Gasteiger partial charge in [0.25, 0.3) is 6.47 Å². The van der Waals surface area contributed by atoms with Gasteiger partial charge < -0.3 is 19.7 Å². The molecule has 0 aromatic carbocycles. The Morgan fingerprint density at radius 3 is 2.87 bits per heavy atom. The van der Waals surface area contributed by atoms with Gasteiger partial charge in [0.05, 0.1) is 25.8 Å². The van der Waals surface area contributed by atoms with E-state index in [2.05, 4.69) is 16.3 Å². The normalized spacial score (nSPS) is 20.5. The molecule has 2 unspecified atom stereocenters. The topological polar surface area (TPSA) is 94.9 Å². The standard InChI is InChI=1S/C22H31FN4O4/c1-3-30-22(29)25-14-21(31-16-28)15-26(2)19-4-5-20(13-18(23)12-19)27-10-7-17(6-9-24)8-11-27/h4-5,12-13,16-17,20-21H,3,6-8,10-11,14-15H2,1-2H3,(H,25,29). The number of allylic oxidation sites excluding steroid dienone is 3. The van der Waals surface area contributed by atoms with Crippen molar-refractivity contribution in [3.63, 3.8) is 0 Å². The lowest BCUT2D eigenvalue weighted by Gasteiger charge is -2.34. The van der Waals surface area contributed by atoms with Crippen molar-refractivity contribution < 1.29 is 23.5 Å². The third-order valence-corrected chi connectivity index (χ3v) is 5.45. The molecule has 2 aliphatic rings. The molecule has 2 atom stereocenters. The summed E-state index contributed by atoms with van der Waals surface area (Å²) in [6.07, 6.45) is 8.07. The first-order valence-electron chi connectivity index (χ1n) is 10.6. The number of piperidine rings is 1. The Kier molecular flexibility index (Phi) is 10.0. The summed E-state index contributed by atoms with van der Waals surface area (Å²) in [6.45, 7) is 4.26. The van der Waals surface area contributed by atoms with E-state index < -0.39 is 12.2 Å². The average Bonchev–Trinajstić information content (AvgIpc) is 2.95. The zero-order valence-electron chi connectivity index (χ0n) is 18.1. The maximum absolute atomic E-state index is 14.6. The number of nitriles is 1. The van der Waals surface area contributed by atoms with Crippen LogP contribution in [0.4, 0.5) is 9.18 Å². The molecule has 1 aliphatic heterocycles. The molecule has 0 aromatic heterocycles. The van der Waals surface area contributed by atoms with E-state index in [0.29, 0.717) is 24.5 Å². The number of likely N-dealkylation sites (tertiary alicyclic amines) is 1. The molecule has 0 saturated carbocycles. The number of nitrogens with zero attached hydrogens (tertiary/aromatic N) is 3. The number of amides is 1. The molecule has 9 heteroatoms. The number of likely N-dealkylation sites (N-methyl/N-ethyl adjacent to an activating group) is 1. The average molecular weight is 435 g/mol. The van der Waals surface area contributed by atoms with Crippen molar-refractivity contribution in [2.24, 2.45) is 5.92 Å². The van der Waals surface area contributed by atoms with Gasteiger partial charge in [-0.2, -0.15) is 5.26 Å². The van der Waals surface area contributed by atoms with Gasteiger partial charge in [0.2, 0.25) is 0 Å². The molecule has 1 saturated heterocycles. The van der Waals surface area contributed by atoms with Crippen molar-refractivity contribution in [2.45, 2.75) is 38.3 Å². The highest BCUT2D eigenvalue weighted by molar-refractivity contribution is 5.67. The van der Waals surface area contributed by atoms with Gasteiger partial charge in [0.1, 0.15) is 11.9 Å². The molecule has 0 bridgehead atoms. The van der Waals surface area contributed by atoms with Crippen LogP contribution in [0.3, 0.4) is 0 Å². The number of rotatable bonds is 10. The van der Waals surface area contributed by atoms with E-state index in [0.717, 1.165) is 25.9 Å². The van der Waals surface area contributed by atoms with Gasteiger partial charge in [-0.25, -0.2) is 9.18 Å². The number of ether oxygens (including phenoxy) is 2. The summed E-state index contributed by atoms with van der Waals surface area (Å²) in [4.78, 5) is 26.3. The zero-order chi connectivity index (χ0) is 22.6. The molecule has 1 aliphatic carbocycles. The molecule has 31 heavy (non-hydrogen) atoms. The first kappa shape index (κ1) is 24.4. The number of hydrogen-bond acceptors (Lipinski definition) is 7. The highest BCUT2D eigenvalue weighted by Crippen LogP contribution is 2.25. The summed E-state index contributed by atoms with van der Waals surface area (Å²) in [5.74, 6) is 0.0797. The third-order valence-electron chi connectivity index (χ3n) is 5.45. The van der Waals surface area contributed by atoms with Crippen LogP contribution in [0.15, 0.2) is 35.8 Å². The minimum Gasteiger partial charge on any atom is -0.461 e. The fraction of sp³-hybridized carbons (Fsp3) is 0.591. The maximum atomic E-state index is 14.6. The molecular formula is C22H31FN4O4. The van der Waals surface area contributed by atoms with Crippen LogP contribution < -0.4 is 5.32 Å². The lowest BCUT2D eigenvalue weighted by atomic mass is 9.93. The second-order valence-electron chi connectivity index (χ2n) is 7.65. The second kappa shape index (κ2) is 12.7. The van der Waals surface area contributed by atoms with E-state index in [9.17, 15) is 14.0 Å². The number of halogens is 1. The first-order chi connectivity index (χ1) is 15.0. The Bertz CT molecular complexity index is 738. The lowest BCUT2D eigenvalue weighted by Crippen LogP contribution is -2.40. The minimum atomic E-state index is -0.619. The van der Waals surface area contributed by atoms with Gasteiger partial charge in [0, 0.05) is 25.2 Å². The largest absolute Gasteiger partial charge is 0.461 e. The fourth-order valence-corrected chi connectivity index (χ4v) is 3.73. The predicted octanol–water partition coefficient (Wildman–Crippen LogP) is 2.51. The van der Waals surface area contributed by atoms with Crippen LogP contribution in [0.1, 0.15) is 26.2 Å². The Hall–Kier alpha value is -2.86. The van der Waals surface area contributed by atoms with Gasteiger partial charge in [0.15, 0.2) is 0 Å². The van der Waals surface area contributed by atoms with Crippen LogP contribution in [0, 0.1) is 17.2 Å². The van der Waals surface area contributed by atoms with Gasteiger partial charge in [-0.1, -0.05) is 6.08 Å². The monoisotopic (exact) mass is 434 g/mol. The zero-order valence-corrected chi connectivity index (χ0v) is 18.1. The predicted molar refractivity (Wildman–Crippen MR) is 113 cm³/mol. The van der Waals surface area contributed by atoms with E-state index in [4.69, 9.17) is 14.7 Å². The van der Waals surface area contributed by atoms with E-state index in [-0.39, 0.29) is 31.6 Å². The van der Waals surface area contributed by atoms with Crippen LogP contribution >= 0.6 is 0 Å². The highest BCUT2D eigenvalue weighted by atomic mass is 19.1. The van der Waals surface area contributed by atoms with E-state index in [1.165, 1.54) is 6.08 Å². The van der Waals surface area contributed by atoms with Crippen LogP contribution in [-0.2, 0) is 14.3 Å². The van der Waals surface area contributed by atoms with Crippen molar-refractivity contribution >= 4 is 12.6 Å². The van der Waals surface area contributed by atoms with Crippen LogP contribution in [-0.4, -0.2) is 74.3 Å². The first-order valence-corrected chi connectivity index (χ1v) is 10.6. The van der Waals surface area contributed by atoms with E-state index in [1.807, 2.05) is 12.2 Å². The lowest BCUT2D eigenvalue weighted by molar-refractivity contribution is -0.133. The molecule has 1 fully saturated rings. The molecule has 1 heterocycles. The number of carbonyl (C=O) groups is 2. The Morgan fingerprint density at radius 1 is 1.48 bits per heavy atom. The molecule has 0 radical (unpaired) electrons. The molecule has 2 rings (SSSR count). The smallest absolute Gasteiger partial charge is 0.407 e. The van der Waals surface area contributed by atoms with Crippen LogP contribution in [0.2, 0.25) is 0 Å². The highest BCUT2D eigenvalue weighted by Gasteiger charge is 2.24. The third kappa shape index (κ3) is 8.06. The second-order valence-corrected chi connectivity index (χ2v) is 7.65. The number of nitrogens with one attached hydrogen (secondary N) is 1. The Labute approximate surface area is 183 Å². The van der Waals surface area contributed by atoms with Gasteiger partial charge >= 0.3 is 6.09 Å². The molecule has 0 spiro atoms. The van der Waals surface area contributed by atoms with Gasteiger partial charge in [-0.3, -0.25) is 9.69 Å². The fourth-order valence-electron chi connectivity index (χ4n) is 3.73. The molecule has 0 aromatic rings. The number of carbonyl (C=O) groups excluding carboxylic acids is 2. The van der Waals surface area contributed by atoms with Crippen LogP contribution in [0.5, 0.6) is 0 Å². The van der Waals surface area contributed by atoms with Gasteiger partial charge in [-0.05, 0) is 57.0 Å². The minimum absolute atomic E-state index is 0.0808. The van der Waals surface area contributed by atoms with Crippen molar-refractivity contribution in [2.75, 3.05) is 39.8 Å². The van der Waals surface area contributed by atoms with Crippen LogP contribution in [0.25, 0.3) is 0 Å². The summed E-state index contributed by atoms with van der Waals surface area (Å²) >= 11 is 0. The summed E-state index contributed by atoms with van der Waals surface area (Å²) in [7, 11) is 1.77. The summed E-state index contributed by atoms with van der Waals surface area (Å²) in [5, 5.41) is 11.4. The van der Waals surface area contributed by atoms with Crippen molar-refractivity contribution in [3.05, 3.63) is 35.8 Å². The SMILES string of the molecule is CCOC(=O)NCC(CN(C)C1=CC(F)=CC(N2CCC(CC#N)CC2)C=C1)OC=O. The molecule has 1 N–H and O–H groups in total. The number of alkyl carbamates (subject to hydrolysis) is 1. The molecule has 170 valence electrons. The van der Waals surface area contributed by atoms with E-state index in [1.54, 1.807) is 24.9 Å². The molecule has 1 amide bonds. The Morgan fingerprint density at radius 2 is 2.23 bits per heavy atom. The van der Waals surface area contributed by atoms with Gasteiger partial charge in [-0.15, -0.1) is 0 Å². The molecular weight excluding hydrogens is 403 g/mol. The molecule has 8 nitrogen and oxygen atoms in total. The summed E-state index contributed by atoms with van der Waals surface area (Å²) in [5.41, 5.74) is 0.631. The quantitative estimate of drug-likeness (QED) is 0.528. The summed E-state index contributed by atoms with van der Waals surface area (Å²) in [6, 6.07) is 2.08. The van der Waals surface area contributed by atoms with E-state index >= 15 is 0 Å². The van der Waals surface area contributed by atoms with Crippen molar-refractivity contribution in [3.8, 4) is 6.07 Å². The van der Waals surface area contributed by atoms with Crippen molar-refractivity contribution in [1.29, 1.82) is 5.26 Å². The van der Waals surface area contributed by atoms with Crippen molar-refractivity contribution in [1.82, 2.24) is 15.1 Å². The number of hydrogen-bond donors (Lipinski definition) is 1. The summed E-state index contributed by atoms with van der Waals surface area (Å²) < 4.78 is 24.4. The maximum Gasteiger partial charge on any atom is 0.407 e. The Balaban J connectivity index is 1.95.